The van der Waals surface area contributed by atoms with Crippen LogP contribution in [-0.4, -0.2) is 0 Å². The van der Waals surface area contributed by atoms with Gasteiger partial charge in [0.1, 0.15) is 5.41 Å². The predicted molar refractivity (Wildman–Crippen MR) is 204 cm³/mol. The first-order valence-electron chi connectivity index (χ1n) is 17.2. The molecule has 0 aromatic heterocycles. The van der Waals surface area contributed by atoms with Crippen LogP contribution < -0.4 is 0 Å². The SMILES string of the molecule is c1ccc(C2=C(c3ccccc3)[C@]3(c4ccccc4)[C+](c4ccccc4)c4c(c5ccccc5c5ccccc45)[C@]23c2ccccc2)cc1. The van der Waals surface area contributed by atoms with E-state index < -0.39 is 10.8 Å². The van der Waals surface area contributed by atoms with Crippen LogP contribution in [0.25, 0.3) is 32.7 Å². The third kappa shape index (κ3) is 3.56. The zero-order chi connectivity index (χ0) is 32.4. The lowest BCUT2D eigenvalue weighted by Gasteiger charge is -2.59. The smallest absolute Gasteiger partial charge is 0.0622 e. The summed E-state index contributed by atoms with van der Waals surface area (Å²) in [6.07, 6.45) is 0. The average Bonchev–Trinajstić information content (AvgIpc) is 3.41. The Hall–Kier alpha value is -6.11. The summed E-state index contributed by atoms with van der Waals surface area (Å²) in [6.45, 7) is 0. The topological polar surface area (TPSA) is 0 Å². The first-order chi connectivity index (χ1) is 24.4. The van der Waals surface area contributed by atoms with E-state index in [1.807, 2.05) is 0 Å². The third-order valence-electron chi connectivity index (χ3n) is 11.1. The molecule has 0 unspecified atom stereocenters. The van der Waals surface area contributed by atoms with Crippen molar-refractivity contribution in [3.63, 3.8) is 0 Å². The molecular formula is C49H33+. The lowest BCUT2D eigenvalue weighted by Crippen LogP contribution is -2.58. The van der Waals surface area contributed by atoms with Gasteiger partial charge in [-0.25, -0.2) is 0 Å². The van der Waals surface area contributed by atoms with E-state index in [0.29, 0.717) is 0 Å². The van der Waals surface area contributed by atoms with Crippen LogP contribution in [0, 0.1) is 5.92 Å². The molecule has 0 N–H and O–H groups in total. The van der Waals surface area contributed by atoms with E-state index in [0.717, 1.165) is 0 Å². The molecule has 0 fully saturated rings. The highest BCUT2D eigenvalue weighted by Gasteiger charge is 2.79. The van der Waals surface area contributed by atoms with Gasteiger partial charge in [-0.2, -0.15) is 0 Å². The van der Waals surface area contributed by atoms with E-state index in [1.54, 1.807) is 0 Å². The molecule has 10 rings (SSSR count). The molecule has 0 heteroatoms. The Morgan fingerprint density at radius 1 is 0.327 bits per heavy atom. The van der Waals surface area contributed by atoms with Crippen molar-refractivity contribution in [3.8, 4) is 0 Å². The van der Waals surface area contributed by atoms with Crippen molar-refractivity contribution in [2.75, 3.05) is 0 Å². The summed E-state index contributed by atoms with van der Waals surface area (Å²) in [5, 5.41) is 5.20. The van der Waals surface area contributed by atoms with Crippen LogP contribution in [0.15, 0.2) is 200 Å². The van der Waals surface area contributed by atoms with Crippen molar-refractivity contribution in [1.29, 1.82) is 0 Å². The highest BCUT2D eigenvalue weighted by atomic mass is 14.7. The van der Waals surface area contributed by atoms with Crippen LogP contribution in [0.3, 0.4) is 0 Å². The Balaban J connectivity index is 1.55. The molecule has 0 spiro atoms. The van der Waals surface area contributed by atoms with E-state index in [9.17, 15) is 0 Å². The second-order valence-corrected chi connectivity index (χ2v) is 13.3. The van der Waals surface area contributed by atoms with Gasteiger partial charge < -0.3 is 0 Å². The minimum absolute atomic E-state index is 0.549. The molecule has 0 amide bonds. The second kappa shape index (κ2) is 10.7. The maximum absolute atomic E-state index is 2.38. The molecule has 0 bridgehead atoms. The highest BCUT2D eigenvalue weighted by Crippen LogP contribution is 2.81. The van der Waals surface area contributed by atoms with Crippen LogP contribution in [0.4, 0.5) is 0 Å². The molecule has 8 aromatic rings. The summed E-state index contributed by atoms with van der Waals surface area (Å²) in [5.74, 6) is 1.37. The second-order valence-electron chi connectivity index (χ2n) is 13.3. The fourth-order valence-electron chi connectivity index (χ4n) is 9.57. The van der Waals surface area contributed by atoms with Crippen molar-refractivity contribution in [2.24, 2.45) is 0 Å². The number of benzene rings is 8. The summed E-state index contributed by atoms with van der Waals surface area (Å²) in [4.78, 5) is 0. The summed E-state index contributed by atoms with van der Waals surface area (Å²) >= 11 is 0. The molecule has 2 aliphatic rings. The van der Waals surface area contributed by atoms with Gasteiger partial charge in [-0.15, -0.1) is 0 Å². The normalized spacial score (nSPS) is 19.5. The lowest BCUT2D eigenvalue weighted by atomic mass is 9.38. The summed E-state index contributed by atoms with van der Waals surface area (Å²) in [5.41, 5.74) is 10.8. The third-order valence-corrected chi connectivity index (χ3v) is 11.1. The monoisotopic (exact) mass is 621 g/mol. The van der Waals surface area contributed by atoms with Crippen molar-refractivity contribution in [1.82, 2.24) is 0 Å². The maximum Gasteiger partial charge on any atom is 0.101 e. The Bertz CT molecular complexity index is 2520. The Morgan fingerprint density at radius 3 is 1.31 bits per heavy atom. The fourth-order valence-corrected chi connectivity index (χ4v) is 9.57. The number of fused-ring (bicyclic) bond motifs is 8. The maximum atomic E-state index is 2.38. The molecular weight excluding hydrogens is 589 g/mol. The highest BCUT2D eigenvalue weighted by molar-refractivity contribution is 6.23. The summed E-state index contributed by atoms with van der Waals surface area (Å²) in [6, 6.07) is 74.5. The van der Waals surface area contributed by atoms with E-state index >= 15 is 0 Å². The van der Waals surface area contributed by atoms with E-state index in [-0.39, 0.29) is 0 Å². The van der Waals surface area contributed by atoms with Gasteiger partial charge in [-0.1, -0.05) is 152 Å². The molecule has 2 aliphatic carbocycles. The van der Waals surface area contributed by atoms with Crippen LogP contribution >= 0.6 is 0 Å². The molecule has 0 nitrogen and oxygen atoms in total. The minimum Gasteiger partial charge on any atom is -0.0622 e. The number of hydrogen-bond donors (Lipinski definition) is 0. The molecule has 0 heterocycles. The largest absolute Gasteiger partial charge is 0.101 e. The quantitative estimate of drug-likeness (QED) is 0.132. The minimum atomic E-state index is -0.557. The first-order valence-corrected chi connectivity index (χ1v) is 17.2. The van der Waals surface area contributed by atoms with Crippen molar-refractivity contribution in [3.05, 3.63) is 245 Å². The number of rotatable bonds is 5. The van der Waals surface area contributed by atoms with E-state index in [2.05, 4.69) is 200 Å². The van der Waals surface area contributed by atoms with Gasteiger partial charge in [0.05, 0.1) is 27.8 Å². The zero-order valence-electron chi connectivity index (χ0n) is 27.1. The van der Waals surface area contributed by atoms with E-state index in [4.69, 9.17) is 0 Å². The molecule has 8 aromatic carbocycles. The van der Waals surface area contributed by atoms with Gasteiger partial charge in [-0.05, 0) is 69.8 Å². The van der Waals surface area contributed by atoms with Gasteiger partial charge in [0.2, 0.25) is 0 Å². The van der Waals surface area contributed by atoms with Gasteiger partial charge in [0, 0.05) is 33.9 Å². The van der Waals surface area contributed by atoms with Crippen LogP contribution in [0.2, 0.25) is 0 Å². The average molecular weight is 622 g/mol. The van der Waals surface area contributed by atoms with Gasteiger partial charge in [0.15, 0.2) is 0 Å². The molecule has 2 atom stereocenters. The zero-order valence-corrected chi connectivity index (χ0v) is 27.1. The molecule has 0 saturated carbocycles. The molecule has 228 valence electrons. The number of allylic oxidation sites excluding steroid dienone is 2. The van der Waals surface area contributed by atoms with Crippen molar-refractivity contribution < 1.29 is 0 Å². The van der Waals surface area contributed by atoms with E-state index in [1.165, 1.54) is 77.6 Å². The Morgan fingerprint density at radius 2 is 0.735 bits per heavy atom. The summed E-state index contributed by atoms with van der Waals surface area (Å²) < 4.78 is 0. The van der Waals surface area contributed by atoms with Gasteiger partial charge >= 0.3 is 0 Å². The molecule has 0 aliphatic heterocycles. The van der Waals surface area contributed by atoms with Gasteiger partial charge in [-0.3, -0.25) is 0 Å². The van der Waals surface area contributed by atoms with Crippen molar-refractivity contribution >= 4 is 32.7 Å². The van der Waals surface area contributed by atoms with Crippen LogP contribution in [-0.2, 0) is 10.8 Å². The Kier molecular flexibility index (Phi) is 6.11. The van der Waals surface area contributed by atoms with Crippen LogP contribution in [0.5, 0.6) is 0 Å². The molecule has 0 saturated heterocycles. The van der Waals surface area contributed by atoms with Crippen molar-refractivity contribution in [2.45, 2.75) is 10.8 Å². The molecule has 0 radical (unpaired) electrons. The summed E-state index contributed by atoms with van der Waals surface area (Å²) in [7, 11) is 0. The molecule has 49 heavy (non-hydrogen) atoms. The number of hydrogen-bond acceptors (Lipinski definition) is 0. The van der Waals surface area contributed by atoms with Crippen LogP contribution in [0.1, 0.15) is 38.9 Å². The fraction of sp³-hybridized carbons (Fsp3) is 0.0408. The standard InChI is InChI=1S/C49H33/c1-6-20-34(21-7-1)44-43-41-32-18-16-30-39(41)40-31-17-19-33-42(40)47(43)49(38-28-14-5-15-29-38)46(36-24-10-3-11-25-36)45(35-22-8-2-9-23-35)48(44,49)37-26-12-4-13-27-37/h1-33H/q+1/t48-,49-/m0/s1. The first kappa shape index (κ1) is 28.0. The Labute approximate surface area is 287 Å². The van der Waals surface area contributed by atoms with Gasteiger partial charge in [0.25, 0.3) is 0 Å². The predicted octanol–water partition coefficient (Wildman–Crippen LogP) is 11.8. The lowest BCUT2D eigenvalue weighted by molar-refractivity contribution is 0.440.